The van der Waals surface area contributed by atoms with Crippen LogP contribution in [0.15, 0.2) is 24.3 Å². The summed E-state index contributed by atoms with van der Waals surface area (Å²) in [4.78, 5) is 12.4. The molecular formula is C18H21ClN4O. The predicted octanol–water partition coefficient (Wildman–Crippen LogP) is 3.08. The molecule has 0 bridgehead atoms. The van der Waals surface area contributed by atoms with Crippen molar-refractivity contribution in [2.24, 2.45) is 5.92 Å². The molecule has 2 aliphatic rings. The van der Waals surface area contributed by atoms with Gasteiger partial charge < -0.3 is 9.88 Å². The Balaban J connectivity index is 1.37. The zero-order valence-corrected chi connectivity index (χ0v) is 14.3. The summed E-state index contributed by atoms with van der Waals surface area (Å²) in [6.45, 7) is 1.41. The Morgan fingerprint density at radius 2 is 2.12 bits per heavy atom. The normalized spacial score (nSPS) is 22.5. The number of hydrogen-bond acceptors (Lipinski definition) is 3. The average Bonchev–Trinajstić information content (AvgIpc) is 3.34. The highest BCUT2D eigenvalue weighted by atomic mass is 35.5. The van der Waals surface area contributed by atoms with Gasteiger partial charge in [-0.3, -0.25) is 4.79 Å². The van der Waals surface area contributed by atoms with Gasteiger partial charge in [0.25, 0.3) is 0 Å². The van der Waals surface area contributed by atoms with Crippen molar-refractivity contribution in [3.63, 3.8) is 0 Å². The molecule has 1 fully saturated rings. The van der Waals surface area contributed by atoms with Crippen molar-refractivity contribution in [2.45, 2.75) is 51.1 Å². The number of aryl methyl sites for hydroxylation is 1. The largest absolute Gasteiger partial charge is 0.349 e. The van der Waals surface area contributed by atoms with Crippen LogP contribution in [0.3, 0.4) is 0 Å². The van der Waals surface area contributed by atoms with Crippen LogP contribution < -0.4 is 5.32 Å². The molecule has 5 nitrogen and oxygen atoms in total. The number of benzene rings is 1. The van der Waals surface area contributed by atoms with E-state index in [9.17, 15) is 4.79 Å². The van der Waals surface area contributed by atoms with Crippen molar-refractivity contribution in [3.05, 3.63) is 46.5 Å². The topological polar surface area (TPSA) is 59.8 Å². The first-order chi connectivity index (χ1) is 11.7. The first kappa shape index (κ1) is 15.6. The Hall–Kier alpha value is -1.88. The van der Waals surface area contributed by atoms with E-state index in [1.807, 2.05) is 24.3 Å². The number of rotatable bonds is 4. The summed E-state index contributed by atoms with van der Waals surface area (Å²) in [5.74, 6) is 2.28. The Bertz CT molecular complexity index is 757. The summed E-state index contributed by atoms with van der Waals surface area (Å²) in [5, 5.41) is 12.3. The van der Waals surface area contributed by atoms with Gasteiger partial charge in [0.15, 0.2) is 5.82 Å². The first-order valence-electron chi connectivity index (χ1n) is 8.67. The number of hydrogen-bond donors (Lipinski definition) is 1. The predicted molar refractivity (Wildman–Crippen MR) is 91.7 cm³/mol. The van der Waals surface area contributed by atoms with E-state index < -0.39 is 0 Å². The van der Waals surface area contributed by atoms with Gasteiger partial charge in [-0.25, -0.2) is 0 Å². The van der Waals surface area contributed by atoms with E-state index >= 15 is 0 Å². The van der Waals surface area contributed by atoms with Crippen molar-refractivity contribution < 1.29 is 4.79 Å². The molecule has 24 heavy (non-hydrogen) atoms. The fourth-order valence-electron chi connectivity index (χ4n) is 3.58. The Kier molecular flexibility index (Phi) is 4.27. The monoisotopic (exact) mass is 344 g/mol. The summed E-state index contributed by atoms with van der Waals surface area (Å²) < 4.78 is 2.17. The van der Waals surface area contributed by atoms with Crippen molar-refractivity contribution in [3.8, 4) is 0 Å². The van der Waals surface area contributed by atoms with Gasteiger partial charge >= 0.3 is 0 Å². The highest BCUT2D eigenvalue weighted by Gasteiger charge is 2.44. The molecule has 0 saturated heterocycles. The molecule has 6 heteroatoms. The first-order valence-corrected chi connectivity index (χ1v) is 9.05. The third-order valence-electron chi connectivity index (χ3n) is 5.04. The van der Waals surface area contributed by atoms with E-state index in [2.05, 4.69) is 20.1 Å². The van der Waals surface area contributed by atoms with Crippen LogP contribution >= 0.6 is 11.6 Å². The van der Waals surface area contributed by atoms with Gasteiger partial charge in [0, 0.05) is 23.9 Å². The quantitative estimate of drug-likeness (QED) is 0.927. The third kappa shape index (κ3) is 3.05. The number of carbonyl (C=O) groups is 1. The lowest BCUT2D eigenvalue weighted by Crippen LogP contribution is -2.26. The summed E-state index contributed by atoms with van der Waals surface area (Å²) in [7, 11) is 0. The zero-order valence-electron chi connectivity index (χ0n) is 13.5. The molecule has 1 saturated carbocycles. The molecule has 1 N–H and O–H groups in total. The maximum atomic E-state index is 12.4. The van der Waals surface area contributed by atoms with E-state index in [-0.39, 0.29) is 17.7 Å². The molecule has 4 rings (SSSR count). The molecular weight excluding hydrogens is 324 g/mol. The summed E-state index contributed by atoms with van der Waals surface area (Å²) >= 11 is 6.23. The minimum absolute atomic E-state index is 0.0245. The van der Waals surface area contributed by atoms with Crippen LogP contribution in [0, 0.1) is 5.92 Å². The van der Waals surface area contributed by atoms with Crippen LogP contribution in [-0.4, -0.2) is 20.7 Å². The molecule has 1 aromatic carbocycles. The van der Waals surface area contributed by atoms with Crippen LogP contribution in [0.25, 0.3) is 0 Å². The van der Waals surface area contributed by atoms with Gasteiger partial charge in [0.05, 0.1) is 6.54 Å². The number of carbonyl (C=O) groups excluding carboxylic acids is 1. The van der Waals surface area contributed by atoms with Gasteiger partial charge in [0.1, 0.15) is 5.82 Å². The molecule has 126 valence electrons. The lowest BCUT2D eigenvalue weighted by molar-refractivity contribution is -0.122. The zero-order chi connectivity index (χ0) is 16.5. The maximum Gasteiger partial charge on any atom is 0.224 e. The molecule has 1 amide bonds. The fraction of sp³-hybridized carbons (Fsp3) is 0.500. The lowest BCUT2D eigenvalue weighted by Gasteiger charge is -2.08. The molecule has 1 aromatic heterocycles. The molecule has 0 spiro atoms. The number of aromatic nitrogens is 3. The number of fused-ring (bicyclic) bond motifs is 1. The third-order valence-corrected chi connectivity index (χ3v) is 5.38. The number of nitrogens with one attached hydrogen (secondary N) is 1. The fourth-order valence-corrected chi connectivity index (χ4v) is 3.85. The molecule has 1 aliphatic heterocycles. The lowest BCUT2D eigenvalue weighted by atomic mass is 10.1. The van der Waals surface area contributed by atoms with Gasteiger partial charge in [-0.15, -0.1) is 10.2 Å². The van der Waals surface area contributed by atoms with Crippen molar-refractivity contribution in [1.29, 1.82) is 0 Å². The second kappa shape index (κ2) is 6.55. The van der Waals surface area contributed by atoms with E-state index in [1.54, 1.807) is 0 Å². The molecule has 0 radical (unpaired) electrons. The van der Waals surface area contributed by atoms with Gasteiger partial charge in [-0.05, 0) is 36.8 Å². The Morgan fingerprint density at radius 3 is 3.00 bits per heavy atom. The second-order valence-corrected chi connectivity index (χ2v) is 7.09. The number of nitrogens with zero attached hydrogens (tertiary/aromatic N) is 3. The summed E-state index contributed by atoms with van der Waals surface area (Å²) in [5.41, 5.74) is 1.08. The van der Waals surface area contributed by atoms with Crippen LogP contribution in [-0.2, 0) is 24.3 Å². The molecule has 2 atom stereocenters. The number of amides is 1. The smallest absolute Gasteiger partial charge is 0.224 e. The highest BCUT2D eigenvalue weighted by Crippen LogP contribution is 2.49. The van der Waals surface area contributed by atoms with Crippen molar-refractivity contribution in [2.75, 3.05) is 0 Å². The molecule has 2 aromatic rings. The SMILES string of the molecule is O=C(NCc1nnc2n1CCCCC2)[C@H]1C[C@H]1c1ccccc1Cl. The second-order valence-electron chi connectivity index (χ2n) is 6.68. The minimum atomic E-state index is 0.0245. The van der Waals surface area contributed by atoms with Crippen molar-refractivity contribution >= 4 is 17.5 Å². The molecule has 1 aliphatic carbocycles. The van der Waals surface area contributed by atoms with Crippen LogP contribution in [0.5, 0.6) is 0 Å². The number of halogens is 1. The van der Waals surface area contributed by atoms with Gasteiger partial charge in [-0.1, -0.05) is 36.2 Å². The molecule has 0 unspecified atom stereocenters. The Labute approximate surface area is 146 Å². The maximum absolute atomic E-state index is 12.4. The van der Waals surface area contributed by atoms with Crippen LogP contribution in [0.4, 0.5) is 0 Å². The van der Waals surface area contributed by atoms with Gasteiger partial charge in [0.2, 0.25) is 5.91 Å². The van der Waals surface area contributed by atoms with E-state index in [1.165, 1.54) is 12.8 Å². The van der Waals surface area contributed by atoms with E-state index in [0.29, 0.717) is 6.54 Å². The summed E-state index contributed by atoms with van der Waals surface area (Å²) in [6.07, 6.45) is 5.41. The molecule has 2 heterocycles. The minimum Gasteiger partial charge on any atom is -0.349 e. The highest BCUT2D eigenvalue weighted by molar-refractivity contribution is 6.31. The van der Waals surface area contributed by atoms with E-state index in [4.69, 9.17) is 11.6 Å². The average molecular weight is 345 g/mol. The van der Waals surface area contributed by atoms with Crippen LogP contribution in [0.1, 0.15) is 48.8 Å². The summed E-state index contributed by atoms with van der Waals surface area (Å²) in [6, 6.07) is 7.79. The standard InChI is InChI=1S/C18H21ClN4O/c19-15-7-4-3-6-12(15)13-10-14(13)18(24)20-11-17-22-21-16-8-2-1-5-9-23(16)17/h3-4,6-7,13-14H,1-2,5,8-11H2,(H,20,24)/t13-,14-/m0/s1. The van der Waals surface area contributed by atoms with Gasteiger partial charge in [-0.2, -0.15) is 0 Å². The van der Waals surface area contributed by atoms with Crippen LogP contribution in [0.2, 0.25) is 5.02 Å². The van der Waals surface area contributed by atoms with Crippen molar-refractivity contribution in [1.82, 2.24) is 20.1 Å². The Morgan fingerprint density at radius 1 is 1.25 bits per heavy atom. The van der Waals surface area contributed by atoms with E-state index in [0.717, 1.165) is 48.0 Å².